The molecule has 1 atom stereocenters. The summed E-state index contributed by atoms with van der Waals surface area (Å²) in [6.07, 6.45) is 4.72. The molecule has 4 nitrogen and oxygen atoms in total. The van der Waals surface area contributed by atoms with Crippen molar-refractivity contribution in [3.05, 3.63) is 59.1 Å². The smallest absolute Gasteiger partial charge is 0.225 e. The number of carbonyl (C=O) groups excluding carboxylic acids is 1. The van der Waals surface area contributed by atoms with Crippen molar-refractivity contribution >= 4 is 33.1 Å². The van der Waals surface area contributed by atoms with E-state index >= 15 is 0 Å². The molecule has 0 N–H and O–H groups in total. The van der Waals surface area contributed by atoms with Crippen LogP contribution in [0.5, 0.6) is 0 Å². The van der Waals surface area contributed by atoms with Gasteiger partial charge in [-0.15, -0.1) is 11.3 Å². The van der Waals surface area contributed by atoms with Gasteiger partial charge in [-0.3, -0.25) is 14.6 Å². The standard InChI is InChI=1S/C24H27N3OS/c1-16(19-8-7-18-5-3-4-6-20(18)13-19)26(22-9-10-22)14-21-15-29-24(25-21)27(17(2)28)23-11-12-23/h3-8,13,15-16,22-23H,9-12,14H2,1-2H3. The van der Waals surface area contributed by atoms with E-state index in [1.54, 1.807) is 18.3 Å². The molecule has 0 radical (unpaired) electrons. The second-order valence-electron chi connectivity index (χ2n) is 8.43. The van der Waals surface area contributed by atoms with Crippen LogP contribution in [-0.2, 0) is 11.3 Å². The molecular weight excluding hydrogens is 378 g/mol. The number of anilines is 1. The summed E-state index contributed by atoms with van der Waals surface area (Å²) in [7, 11) is 0. The molecule has 1 amide bonds. The normalized spacial score (nSPS) is 17.6. The van der Waals surface area contributed by atoms with Crippen LogP contribution in [0.25, 0.3) is 10.8 Å². The van der Waals surface area contributed by atoms with Crippen molar-refractivity contribution in [3.63, 3.8) is 0 Å². The van der Waals surface area contributed by atoms with Crippen molar-refractivity contribution in [2.45, 2.75) is 64.2 Å². The minimum Gasteiger partial charge on any atom is -0.288 e. The van der Waals surface area contributed by atoms with Gasteiger partial charge in [-0.05, 0) is 55.0 Å². The Hall–Kier alpha value is -2.24. The molecule has 1 aromatic heterocycles. The number of hydrogen-bond acceptors (Lipinski definition) is 4. The van der Waals surface area contributed by atoms with Gasteiger partial charge in [-0.25, -0.2) is 4.98 Å². The third-order valence-electron chi connectivity index (χ3n) is 6.11. The van der Waals surface area contributed by atoms with Crippen LogP contribution in [0.1, 0.15) is 56.8 Å². The minimum absolute atomic E-state index is 0.108. The van der Waals surface area contributed by atoms with E-state index in [1.807, 2.05) is 4.90 Å². The number of amides is 1. The lowest BCUT2D eigenvalue weighted by molar-refractivity contribution is -0.116. The third kappa shape index (κ3) is 3.94. The van der Waals surface area contributed by atoms with Crippen LogP contribution >= 0.6 is 11.3 Å². The quantitative estimate of drug-likeness (QED) is 0.518. The Bertz CT molecular complexity index is 1040. The van der Waals surface area contributed by atoms with E-state index in [4.69, 9.17) is 4.98 Å². The molecule has 2 fully saturated rings. The number of thiazole rings is 1. The van der Waals surface area contributed by atoms with Crippen LogP contribution in [-0.4, -0.2) is 27.9 Å². The van der Waals surface area contributed by atoms with Crippen LogP contribution in [0.3, 0.4) is 0 Å². The van der Waals surface area contributed by atoms with E-state index in [9.17, 15) is 4.79 Å². The molecule has 1 unspecified atom stereocenters. The van der Waals surface area contributed by atoms with Gasteiger partial charge < -0.3 is 0 Å². The van der Waals surface area contributed by atoms with E-state index in [0.717, 1.165) is 30.2 Å². The molecule has 5 rings (SSSR count). The Morgan fingerprint density at radius 2 is 1.83 bits per heavy atom. The fourth-order valence-corrected chi connectivity index (χ4v) is 5.12. The van der Waals surface area contributed by atoms with Gasteiger partial charge in [0, 0.05) is 37.0 Å². The second-order valence-corrected chi connectivity index (χ2v) is 9.26. The first-order valence-electron chi connectivity index (χ1n) is 10.6. The van der Waals surface area contributed by atoms with Crippen LogP contribution < -0.4 is 4.90 Å². The van der Waals surface area contributed by atoms with Gasteiger partial charge in [0.05, 0.1) is 5.69 Å². The summed E-state index contributed by atoms with van der Waals surface area (Å²) in [5, 5.41) is 5.58. The molecule has 29 heavy (non-hydrogen) atoms. The van der Waals surface area contributed by atoms with E-state index in [1.165, 1.54) is 29.2 Å². The zero-order chi connectivity index (χ0) is 20.0. The average molecular weight is 406 g/mol. The molecule has 150 valence electrons. The van der Waals surface area contributed by atoms with Crippen molar-refractivity contribution in [2.24, 2.45) is 0 Å². The molecular formula is C24H27N3OS. The molecule has 0 bridgehead atoms. The first-order chi connectivity index (χ1) is 14.1. The Balaban J connectivity index is 1.37. The highest BCUT2D eigenvalue weighted by Crippen LogP contribution is 2.38. The largest absolute Gasteiger partial charge is 0.288 e. The van der Waals surface area contributed by atoms with Gasteiger partial charge in [0.1, 0.15) is 0 Å². The zero-order valence-electron chi connectivity index (χ0n) is 17.0. The number of nitrogens with zero attached hydrogens (tertiary/aromatic N) is 3. The summed E-state index contributed by atoms with van der Waals surface area (Å²) in [6.45, 7) is 4.80. The predicted molar refractivity (Wildman–Crippen MR) is 119 cm³/mol. The number of fused-ring (bicyclic) bond motifs is 1. The zero-order valence-corrected chi connectivity index (χ0v) is 17.9. The minimum atomic E-state index is 0.108. The maximum Gasteiger partial charge on any atom is 0.225 e. The fraction of sp³-hybridized carbons (Fsp3) is 0.417. The molecule has 2 aliphatic carbocycles. The van der Waals surface area contributed by atoms with Gasteiger partial charge in [0.25, 0.3) is 0 Å². The van der Waals surface area contributed by atoms with Crippen molar-refractivity contribution in [1.82, 2.24) is 9.88 Å². The predicted octanol–water partition coefficient (Wildman–Crippen LogP) is 5.54. The molecule has 1 heterocycles. The van der Waals surface area contributed by atoms with E-state index in [2.05, 4.69) is 59.7 Å². The fourth-order valence-electron chi connectivity index (χ4n) is 4.19. The third-order valence-corrected chi connectivity index (χ3v) is 7.00. The Labute approximate surface area is 176 Å². The van der Waals surface area contributed by atoms with Crippen LogP contribution in [0.2, 0.25) is 0 Å². The van der Waals surface area contributed by atoms with Gasteiger partial charge in [0.2, 0.25) is 5.91 Å². The molecule has 0 saturated heterocycles. The molecule has 2 aliphatic rings. The molecule has 2 aromatic carbocycles. The number of aromatic nitrogens is 1. The van der Waals surface area contributed by atoms with Crippen molar-refractivity contribution in [3.8, 4) is 0 Å². The summed E-state index contributed by atoms with van der Waals surface area (Å²) < 4.78 is 0. The summed E-state index contributed by atoms with van der Waals surface area (Å²) >= 11 is 1.61. The molecule has 0 spiro atoms. The van der Waals surface area contributed by atoms with Gasteiger partial charge in [-0.1, -0.05) is 36.4 Å². The van der Waals surface area contributed by atoms with Crippen molar-refractivity contribution in [2.75, 3.05) is 4.90 Å². The SMILES string of the molecule is CC(=O)N(c1nc(CN(C2CC2)C(C)c2ccc3ccccc3c2)cs1)C1CC1. The first kappa shape index (κ1) is 18.8. The lowest BCUT2D eigenvalue weighted by atomic mass is 10.0. The Morgan fingerprint density at radius 3 is 2.52 bits per heavy atom. The Kier molecular flexibility index (Phi) is 4.88. The molecule has 0 aliphatic heterocycles. The van der Waals surface area contributed by atoms with Gasteiger partial charge >= 0.3 is 0 Å². The van der Waals surface area contributed by atoms with Crippen LogP contribution in [0.4, 0.5) is 5.13 Å². The lowest BCUT2D eigenvalue weighted by Gasteiger charge is -2.29. The van der Waals surface area contributed by atoms with Crippen LogP contribution in [0, 0.1) is 0 Å². The first-order valence-corrected chi connectivity index (χ1v) is 11.5. The number of rotatable bonds is 7. The number of benzene rings is 2. The average Bonchev–Trinajstić information content (AvgIpc) is 3.65. The van der Waals surface area contributed by atoms with Gasteiger partial charge in [-0.2, -0.15) is 0 Å². The Morgan fingerprint density at radius 1 is 1.10 bits per heavy atom. The summed E-state index contributed by atoms with van der Waals surface area (Å²) in [5.41, 5.74) is 2.44. The van der Waals surface area contributed by atoms with Gasteiger partial charge in [0.15, 0.2) is 5.13 Å². The number of hydrogen-bond donors (Lipinski definition) is 0. The van der Waals surface area contributed by atoms with Crippen molar-refractivity contribution < 1.29 is 4.79 Å². The molecule has 2 saturated carbocycles. The van der Waals surface area contributed by atoms with E-state index in [-0.39, 0.29) is 5.91 Å². The maximum absolute atomic E-state index is 12.1. The van der Waals surface area contributed by atoms with E-state index < -0.39 is 0 Å². The highest BCUT2D eigenvalue weighted by atomic mass is 32.1. The molecule has 3 aromatic rings. The van der Waals surface area contributed by atoms with E-state index in [0.29, 0.717) is 18.1 Å². The monoisotopic (exact) mass is 405 g/mol. The van der Waals surface area contributed by atoms with Crippen molar-refractivity contribution in [1.29, 1.82) is 0 Å². The summed E-state index contributed by atoms with van der Waals surface area (Å²) in [4.78, 5) is 21.4. The maximum atomic E-state index is 12.1. The topological polar surface area (TPSA) is 36.4 Å². The summed E-state index contributed by atoms with van der Waals surface area (Å²) in [5.74, 6) is 0.108. The highest BCUT2D eigenvalue weighted by Gasteiger charge is 2.35. The highest BCUT2D eigenvalue weighted by molar-refractivity contribution is 7.14. The molecule has 5 heteroatoms. The number of carbonyl (C=O) groups is 1. The lowest BCUT2D eigenvalue weighted by Crippen LogP contribution is -2.31. The summed E-state index contributed by atoms with van der Waals surface area (Å²) in [6, 6.07) is 16.7. The second kappa shape index (κ2) is 7.54. The van der Waals surface area contributed by atoms with Crippen LogP contribution in [0.15, 0.2) is 47.8 Å².